The van der Waals surface area contributed by atoms with Gasteiger partial charge in [-0.25, -0.2) is 4.98 Å². The van der Waals surface area contributed by atoms with Gasteiger partial charge in [-0.1, -0.05) is 55.0 Å². The van der Waals surface area contributed by atoms with Crippen LogP contribution in [0.3, 0.4) is 0 Å². The average molecular weight is 314 g/mol. The first-order valence-electron chi connectivity index (χ1n) is 5.74. The van der Waals surface area contributed by atoms with Crippen LogP contribution < -0.4 is 5.30 Å². The van der Waals surface area contributed by atoms with Crippen LogP contribution >= 0.6 is 30.4 Å². The summed E-state index contributed by atoms with van der Waals surface area (Å²) in [6.07, 6.45) is 0.648. The fourth-order valence-electron chi connectivity index (χ4n) is 1.99. The highest BCUT2D eigenvalue weighted by molar-refractivity contribution is 8.48. The molecule has 0 saturated carbocycles. The first kappa shape index (κ1) is 14.6. The highest BCUT2D eigenvalue weighted by Crippen LogP contribution is 2.48. The summed E-state index contributed by atoms with van der Waals surface area (Å²) in [7, 11) is 0. The van der Waals surface area contributed by atoms with Crippen molar-refractivity contribution in [1.29, 1.82) is 0 Å². The second-order valence-corrected chi connectivity index (χ2v) is 7.61. The Bertz CT molecular complexity index is 657. The van der Waals surface area contributed by atoms with Gasteiger partial charge in [0, 0.05) is 5.56 Å². The quantitative estimate of drug-likeness (QED) is 0.516. The normalized spacial score (nSPS) is 14.1. The lowest BCUT2D eigenvalue weighted by Gasteiger charge is -2.15. The topological polar surface area (TPSA) is 50.2 Å². The molecule has 0 saturated heterocycles. The van der Waals surface area contributed by atoms with Gasteiger partial charge in [0.15, 0.2) is 0 Å². The Labute approximate surface area is 122 Å². The largest absolute Gasteiger partial charge is 0.334 e. The zero-order valence-electron chi connectivity index (χ0n) is 10.2. The van der Waals surface area contributed by atoms with E-state index in [-0.39, 0.29) is 0 Å². The van der Waals surface area contributed by atoms with Gasteiger partial charge in [-0.3, -0.25) is 4.57 Å². The maximum absolute atomic E-state index is 12.0. The number of rotatable bonds is 3. The molecule has 0 radical (unpaired) electrons. The Hall–Kier alpha value is -0.800. The number of benzene rings is 1. The minimum Gasteiger partial charge on any atom is -0.334 e. The number of nitrogens with zero attached hydrogens (tertiary/aromatic N) is 1. The molecule has 0 amide bonds. The zero-order chi connectivity index (χ0) is 14.0. The van der Waals surface area contributed by atoms with Crippen molar-refractivity contribution in [3.05, 3.63) is 47.1 Å². The van der Waals surface area contributed by atoms with Gasteiger partial charge in [0.25, 0.3) is 6.57 Å². The van der Waals surface area contributed by atoms with Gasteiger partial charge in [-0.2, -0.15) is 0 Å². The maximum atomic E-state index is 12.0. The summed E-state index contributed by atoms with van der Waals surface area (Å²) in [4.78, 5) is 14.1. The van der Waals surface area contributed by atoms with E-state index in [1.54, 1.807) is 24.3 Å². The molecule has 19 heavy (non-hydrogen) atoms. The van der Waals surface area contributed by atoms with Crippen molar-refractivity contribution in [3.63, 3.8) is 0 Å². The minimum atomic E-state index is -3.68. The predicted octanol–water partition coefficient (Wildman–Crippen LogP) is 3.70. The Morgan fingerprint density at radius 2 is 2.00 bits per heavy atom. The van der Waals surface area contributed by atoms with Crippen molar-refractivity contribution in [1.82, 2.24) is 4.98 Å². The van der Waals surface area contributed by atoms with Crippen molar-refractivity contribution in [2.45, 2.75) is 13.3 Å². The van der Waals surface area contributed by atoms with Gasteiger partial charge in [-0.05, 0) is 24.1 Å². The Kier molecular flexibility index (Phi) is 4.36. The summed E-state index contributed by atoms with van der Waals surface area (Å²) in [6, 6.07) is 10.6. The molecule has 0 spiro atoms. The molecule has 100 valence electrons. The molecule has 0 aliphatic carbocycles. The van der Waals surface area contributed by atoms with Gasteiger partial charge in [0.2, 0.25) is 0 Å². The van der Waals surface area contributed by atoms with Crippen LogP contribution in [0.2, 0.25) is 5.15 Å². The lowest BCUT2D eigenvalue weighted by molar-refractivity contribution is 0.508. The third kappa shape index (κ3) is 3.21. The number of pyridine rings is 1. The number of hydrogen-bond donors (Lipinski definition) is 2. The van der Waals surface area contributed by atoms with E-state index in [0.29, 0.717) is 28.1 Å². The molecule has 6 heteroatoms. The Morgan fingerprint density at radius 3 is 2.58 bits per heavy atom. The molecule has 2 rings (SSSR count). The summed E-state index contributed by atoms with van der Waals surface area (Å²) < 4.78 is 12.0. The van der Waals surface area contributed by atoms with Crippen LogP contribution in [0.25, 0.3) is 11.3 Å². The molecule has 3 nitrogen and oxygen atoms in total. The summed E-state index contributed by atoms with van der Waals surface area (Å²) in [5.41, 5.74) is 1.96. The first-order valence-corrected chi connectivity index (χ1v) is 8.93. The number of hydrogen-bond acceptors (Lipinski definition) is 2. The van der Waals surface area contributed by atoms with Crippen LogP contribution in [0.15, 0.2) is 36.4 Å². The molecule has 0 fully saturated rings. The number of aromatic nitrogens is 1. The number of aryl methyl sites for hydroxylation is 1. The summed E-state index contributed by atoms with van der Waals surface area (Å²) >= 11 is 9.74. The lowest BCUT2D eigenvalue weighted by Crippen LogP contribution is -2.12. The van der Waals surface area contributed by atoms with E-state index in [1.165, 1.54) is 0 Å². The summed E-state index contributed by atoms with van der Waals surface area (Å²) in [5, 5.41) is 0.688. The van der Waals surface area contributed by atoms with E-state index in [2.05, 4.69) is 17.2 Å². The van der Waals surface area contributed by atoms with Crippen LogP contribution in [-0.2, 0) is 11.0 Å². The molecule has 1 aromatic carbocycles. The van der Waals surface area contributed by atoms with Crippen molar-refractivity contribution in [2.24, 2.45) is 0 Å². The molecule has 0 bridgehead atoms. The average Bonchev–Trinajstić information content (AvgIpc) is 2.36. The van der Waals surface area contributed by atoms with E-state index in [0.717, 1.165) is 5.56 Å². The molecule has 2 aromatic rings. The van der Waals surface area contributed by atoms with E-state index in [9.17, 15) is 9.46 Å². The fraction of sp³-hybridized carbons (Fsp3) is 0.154. The Morgan fingerprint density at radius 1 is 1.32 bits per heavy atom. The van der Waals surface area contributed by atoms with Gasteiger partial charge in [0.1, 0.15) is 5.15 Å². The van der Waals surface area contributed by atoms with Crippen molar-refractivity contribution < 1.29 is 9.46 Å². The number of thiol groups is 1. The molecular weight excluding hydrogens is 301 g/mol. The molecule has 1 unspecified atom stereocenters. The highest BCUT2D eigenvalue weighted by atomic mass is 35.5. The molecule has 0 aliphatic heterocycles. The Balaban J connectivity index is 2.74. The van der Waals surface area contributed by atoms with E-state index in [4.69, 9.17) is 11.6 Å². The van der Waals surface area contributed by atoms with Crippen molar-refractivity contribution in [2.75, 3.05) is 0 Å². The van der Waals surface area contributed by atoms with Crippen LogP contribution in [0, 0.1) is 0 Å². The first-order chi connectivity index (χ1) is 8.93. The van der Waals surface area contributed by atoms with E-state index < -0.39 is 6.57 Å². The van der Waals surface area contributed by atoms with E-state index >= 15 is 0 Å². The van der Waals surface area contributed by atoms with Crippen LogP contribution in [0.5, 0.6) is 0 Å². The molecule has 0 aliphatic rings. The lowest BCUT2D eigenvalue weighted by atomic mass is 10.1. The second-order valence-electron chi connectivity index (χ2n) is 4.06. The molecule has 1 N–H and O–H groups in total. The molecule has 1 atom stereocenters. The monoisotopic (exact) mass is 313 g/mol. The van der Waals surface area contributed by atoms with Gasteiger partial charge in [-0.15, -0.1) is 0 Å². The maximum Gasteiger partial charge on any atom is 0.282 e. The number of halogens is 1. The van der Waals surface area contributed by atoms with Gasteiger partial charge in [0.05, 0.1) is 11.0 Å². The third-order valence-electron chi connectivity index (χ3n) is 2.78. The molecule has 1 heterocycles. The van der Waals surface area contributed by atoms with Crippen LogP contribution in [-0.4, -0.2) is 9.88 Å². The van der Waals surface area contributed by atoms with Gasteiger partial charge >= 0.3 is 0 Å². The second kappa shape index (κ2) is 5.68. The van der Waals surface area contributed by atoms with Gasteiger partial charge < -0.3 is 4.89 Å². The highest BCUT2D eigenvalue weighted by Gasteiger charge is 2.24. The van der Waals surface area contributed by atoms with Crippen molar-refractivity contribution >= 4 is 35.7 Å². The van der Waals surface area contributed by atoms with E-state index in [1.807, 2.05) is 19.1 Å². The SMILES string of the molecule is CCc1cccc(-c2cccc(Cl)n2)c1P(=O)(O)S. The van der Waals surface area contributed by atoms with Crippen molar-refractivity contribution in [3.8, 4) is 11.3 Å². The zero-order valence-corrected chi connectivity index (χ0v) is 12.8. The third-order valence-corrected chi connectivity index (χ3v) is 4.70. The summed E-state index contributed by atoms with van der Waals surface area (Å²) in [6.45, 7) is -1.75. The van der Waals surface area contributed by atoms with Crippen LogP contribution in [0.4, 0.5) is 0 Å². The molecule has 1 aromatic heterocycles. The standard InChI is InChI=1S/C13H13ClNO2PS/c1-2-9-5-3-6-10(13(9)18(16,17)19)11-7-4-8-12(14)15-11/h3-8H,2H2,1H3,(H2,16,17,19). The summed E-state index contributed by atoms with van der Waals surface area (Å²) in [5.74, 6) is 0. The van der Waals surface area contributed by atoms with Crippen LogP contribution in [0.1, 0.15) is 12.5 Å². The minimum absolute atomic E-state index is 0.343. The predicted molar refractivity (Wildman–Crippen MR) is 82.5 cm³/mol. The fourth-order valence-corrected chi connectivity index (χ4v) is 3.97. The molecular formula is C13H13ClNO2PS. The smallest absolute Gasteiger partial charge is 0.282 e.